The van der Waals surface area contributed by atoms with Gasteiger partial charge in [-0.3, -0.25) is 4.79 Å². The second-order valence-electron chi connectivity index (χ2n) is 5.15. The van der Waals surface area contributed by atoms with Gasteiger partial charge < -0.3 is 15.5 Å². The summed E-state index contributed by atoms with van der Waals surface area (Å²) in [6.07, 6.45) is 5.29. The van der Waals surface area contributed by atoms with Crippen LogP contribution in [-0.4, -0.2) is 16.9 Å². The van der Waals surface area contributed by atoms with Crippen LogP contribution in [0.3, 0.4) is 0 Å². The Morgan fingerprint density at radius 2 is 2.17 bits per heavy atom. The van der Waals surface area contributed by atoms with Crippen molar-refractivity contribution in [3.8, 4) is 0 Å². The molecule has 5 heteroatoms. The number of amides is 1. The van der Waals surface area contributed by atoms with Crippen LogP contribution in [0.25, 0.3) is 0 Å². The van der Waals surface area contributed by atoms with E-state index in [0.29, 0.717) is 5.89 Å². The highest BCUT2D eigenvalue weighted by Gasteiger charge is 2.26. The Morgan fingerprint density at radius 3 is 2.72 bits per heavy atom. The van der Waals surface area contributed by atoms with Gasteiger partial charge in [0.05, 0.1) is 6.20 Å². The van der Waals surface area contributed by atoms with Crippen molar-refractivity contribution in [1.82, 2.24) is 10.3 Å². The molecule has 1 aliphatic carbocycles. The van der Waals surface area contributed by atoms with Crippen LogP contribution in [0.5, 0.6) is 0 Å². The van der Waals surface area contributed by atoms with Crippen LogP contribution in [0.1, 0.15) is 50.3 Å². The number of carbonyl (C=O) groups is 1. The van der Waals surface area contributed by atoms with Crippen molar-refractivity contribution in [2.24, 2.45) is 11.7 Å². The average molecular weight is 251 g/mol. The van der Waals surface area contributed by atoms with Crippen molar-refractivity contribution in [2.45, 2.75) is 51.6 Å². The summed E-state index contributed by atoms with van der Waals surface area (Å²) >= 11 is 0. The summed E-state index contributed by atoms with van der Waals surface area (Å²) in [6, 6.07) is 0.0858. The summed E-state index contributed by atoms with van der Waals surface area (Å²) in [5.41, 5.74) is 5.84. The maximum atomic E-state index is 12.1. The van der Waals surface area contributed by atoms with Crippen LogP contribution in [0.2, 0.25) is 0 Å². The maximum Gasteiger partial charge on any atom is 0.223 e. The Bertz CT molecular complexity index is 408. The van der Waals surface area contributed by atoms with Crippen LogP contribution in [0, 0.1) is 12.8 Å². The standard InChI is InChI=1S/C13H21N3O2/c1-8-7-15-13(18-8)9(2)16-12(17)10-3-5-11(14)6-4-10/h7,9-11H,3-6,14H2,1-2H3,(H,16,17). The number of hydrogen-bond acceptors (Lipinski definition) is 4. The summed E-state index contributed by atoms with van der Waals surface area (Å²) in [5, 5.41) is 2.96. The molecule has 0 aliphatic heterocycles. The van der Waals surface area contributed by atoms with Crippen LogP contribution in [0.4, 0.5) is 0 Å². The van der Waals surface area contributed by atoms with Crippen molar-refractivity contribution >= 4 is 5.91 Å². The van der Waals surface area contributed by atoms with Gasteiger partial charge in [-0.25, -0.2) is 4.98 Å². The zero-order valence-corrected chi connectivity index (χ0v) is 11.0. The Hall–Kier alpha value is -1.36. The minimum absolute atomic E-state index is 0.0864. The molecule has 1 aliphatic rings. The third-order valence-corrected chi connectivity index (χ3v) is 3.51. The van der Waals surface area contributed by atoms with Crippen LogP contribution in [-0.2, 0) is 4.79 Å². The highest BCUT2D eigenvalue weighted by Crippen LogP contribution is 2.24. The van der Waals surface area contributed by atoms with Gasteiger partial charge in [0, 0.05) is 12.0 Å². The molecular formula is C13H21N3O2. The summed E-state index contributed by atoms with van der Waals surface area (Å²) in [5.74, 6) is 1.50. The molecule has 1 atom stereocenters. The summed E-state index contributed by atoms with van der Waals surface area (Å²) < 4.78 is 5.40. The van der Waals surface area contributed by atoms with Gasteiger partial charge in [0.1, 0.15) is 11.8 Å². The lowest BCUT2D eigenvalue weighted by molar-refractivity contribution is -0.126. The van der Waals surface area contributed by atoms with E-state index in [1.807, 2.05) is 13.8 Å². The van der Waals surface area contributed by atoms with Gasteiger partial charge in [-0.05, 0) is 39.5 Å². The lowest BCUT2D eigenvalue weighted by atomic mass is 9.86. The molecular weight excluding hydrogens is 230 g/mol. The van der Waals surface area contributed by atoms with Gasteiger partial charge in [-0.2, -0.15) is 0 Å². The summed E-state index contributed by atoms with van der Waals surface area (Å²) in [4.78, 5) is 16.2. The van der Waals surface area contributed by atoms with Gasteiger partial charge in [0.25, 0.3) is 0 Å². The molecule has 1 fully saturated rings. The van der Waals surface area contributed by atoms with E-state index in [9.17, 15) is 4.79 Å². The van der Waals surface area contributed by atoms with E-state index in [1.54, 1.807) is 6.20 Å². The Kier molecular flexibility index (Phi) is 4.01. The molecule has 18 heavy (non-hydrogen) atoms. The second kappa shape index (κ2) is 5.52. The molecule has 1 heterocycles. The Labute approximate surface area is 107 Å². The number of nitrogens with one attached hydrogen (secondary N) is 1. The number of hydrogen-bond donors (Lipinski definition) is 2. The number of nitrogens with two attached hydrogens (primary N) is 1. The maximum absolute atomic E-state index is 12.1. The molecule has 1 aromatic rings. The normalized spacial score (nSPS) is 25.7. The van der Waals surface area contributed by atoms with Gasteiger partial charge in [-0.1, -0.05) is 0 Å². The first-order valence-electron chi connectivity index (χ1n) is 6.54. The fourth-order valence-electron chi connectivity index (χ4n) is 2.35. The fraction of sp³-hybridized carbons (Fsp3) is 0.692. The first-order chi connectivity index (χ1) is 8.56. The summed E-state index contributed by atoms with van der Waals surface area (Å²) in [7, 11) is 0. The molecule has 100 valence electrons. The van der Waals surface area contributed by atoms with E-state index in [1.165, 1.54) is 0 Å². The molecule has 1 saturated carbocycles. The molecule has 3 N–H and O–H groups in total. The van der Waals surface area contributed by atoms with Crippen molar-refractivity contribution in [3.63, 3.8) is 0 Å². The van der Waals surface area contributed by atoms with E-state index >= 15 is 0 Å². The van der Waals surface area contributed by atoms with Crippen molar-refractivity contribution in [2.75, 3.05) is 0 Å². The molecule has 5 nitrogen and oxygen atoms in total. The monoisotopic (exact) mass is 251 g/mol. The molecule has 0 saturated heterocycles. The third-order valence-electron chi connectivity index (χ3n) is 3.51. The van der Waals surface area contributed by atoms with E-state index < -0.39 is 0 Å². The minimum atomic E-state index is -0.179. The van der Waals surface area contributed by atoms with Crippen molar-refractivity contribution < 1.29 is 9.21 Å². The second-order valence-corrected chi connectivity index (χ2v) is 5.15. The van der Waals surface area contributed by atoms with Crippen LogP contribution >= 0.6 is 0 Å². The van der Waals surface area contributed by atoms with Gasteiger partial charge in [0.15, 0.2) is 0 Å². The smallest absolute Gasteiger partial charge is 0.223 e. The number of aryl methyl sites for hydroxylation is 1. The van der Waals surface area contributed by atoms with E-state index in [0.717, 1.165) is 31.4 Å². The van der Waals surface area contributed by atoms with Gasteiger partial charge in [0.2, 0.25) is 11.8 Å². The number of carbonyl (C=O) groups excluding carboxylic acids is 1. The quantitative estimate of drug-likeness (QED) is 0.856. The van der Waals surface area contributed by atoms with Crippen molar-refractivity contribution in [1.29, 1.82) is 0 Å². The lowest BCUT2D eigenvalue weighted by Crippen LogP contribution is -2.37. The van der Waals surface area contributed by atoms with Crippen LogP contribution in [0.15, 0.2) is 10.6 Å². The zero-order chi connectivity index (χ0) is 13.1. The topological polar surface area (TPSA) is 81.2 Å². The molecule has 1 aromatic heterocycles. The van der Waals surface area contributed by atoms with E-state index in [2.05, 4.69) is 10.3 Å². The number of aromatic nitrogens is 1. The highest BCUT2D eigenvalue weighted by molar-refractivity contribution is 5.79. The predicted octanol–water partition coefficient (Wildman–Crippen LogP) is 1.68. The molecule has 2 rings (SSSR count). The third kappa shape index (κ3) is 3.10. The molecule has 0 bridgehead atoms. The molecule has 0 aromatic carbocycles. The fourth-order valence-corrected chi connectivity index (χ4v) is 2.35. The number of nitrogens with zero attached hydrogens (tertiary/aromatic N) is 1. The van der Waals surface area contributed by atoms with E-state index in [-0.39, 0.29) is 23.9 Å². The Balaban J connectivity index is 1.87. The molecule has 1 amide bonds. The summed E-state index contributed by atoms with van der Waals surface area (Å²) in [6.45, 7) is 3.73. The molecule has 0 radical (unpaired) electrons. The van der Waals surface area contributed by atoms with Gasteiger partial charge >= 0.3 is 0 Å². The first-order valence-corrected chi connectivity index (χ1v) is 6.54. The van der Waals surface area contributed by atoms with Crippen LogP contribution < -0.4 is 11.1 Å². The zero-order valence-electron chi connectivity index (χ0n) is 11.0. The lowest BCUT2D eigenvalue weighted by Gasteiger charge is -2.26. The number of oxazole rings is 1. The van der Waals surface area contributed by atoms with Crippen molar-refractivity contribution in [3.05, 3.63) is 17.8 Å². The van der Waals surface area contributed by atoms with E-state index in [4.69, 9.17) is 10.2 Å². The number of rotatable bonds is 3. The minimum Gasteiger partial charge on any atom is -0.444 e. The SMILES string of the molecule is Cc1cnc(C(C)NC(=O)C2CCC(N)CC2)o1. The average Bonchev–Trinajstić information content (AvgIpc) is 2.76. The molecule has 0 spiro atoms. The predicted molar refractivity (Wildman–Crippen MR) is 67.7 cm³/mol. The Morgan fingerprint density at radius 1 is 1.50 bits per heavy atom. The first kappa shape index (κ1) is 13.1. The van der Waals surface area contributed by atoms with Gasteiger partial charge in [-0.15, -0.1) is 0 Å². The molecule has 1 unspecified atom stereocenters. The highest BCUT2D eigenvalue weighted by atomic mass is 16.4. The largest absolute Gasteiger partial charge is 0.444 e.